The molecule has 0 spiro atoms. The molecular formula is C28H30N6O3. The minimum Gasteiger partial charge on any atom is -0.481 e. The van der Waals surface area contributed by atoms with Crippen LogP contribution in [0.25, 0.3) is 33.3 Å². The quantitative estimate of drug-likeness (QED) is 0.339. The van der Waals surface area contributed by atoms with E-state index in [0.29, 0.717) is 24.2 Å². The molecule has 1 saturated carbocycles. The van der Waals surface area contributed by atoms with Gasteiger partial charge < -0.3 is 24.5 Å². The number of nitrogens with one attached hydrogen (secondary N) is 2. The molecule has 0 aliphatic heterocycles. The van der Waals surface area contributed by atoms with Gasteiger partial charge in [0.1, 0.15) is 11.5 Å². The number of aromatic amines is 1. The van der Waals surface area contributed by atoms with E-state index in [4.69, 9.17) is 4.74 Å². The molecule has 0 saturated heterocycles. The SMILES string of the molecule is COc1cc(-c2cnc3[nH]cc(-c4ccc(=O)n(CC5CC5)c4)c3c2)cc(NC(=O)C=CCN(C)C)n1. The van der Waals surface area contributed by atoms with Crippen molar-refractivity contribution in [3.63, 3.8) is 0 Å². The third-order valence-corrected chi connectivity index (χ3v) is 6.31. The molecule has 1 amide bonds. The molecule has 1 fully saturated rings. The zero-order chi connectivity index (χ0) is 25.9. The van der Waals surface area contributed by atoms with Crippen molar-refractivity contribution < 1.29 is 9.53 Å². The summed E-state index contributed by atoms with van der Waals surface area (Å²) in [4.78, 5) is 38.9. The fraction of sp³-hybridized carbons (Fsp3) is 0.286. The van der Waals surface area contributed by atoms with Crippen molar-refractivity contribution in [1.82, 2.24) is 24.4 Å². The first-order valence-corrected chi connectivity index (χ1v) is 12.3. The van der Waals surface area contributed by atoms with Gasteiger partial charge in [-0.05, 0) is 56.6 Å². The summed E-state index contributed by atoms with van der Waals surface area (Å²) in [6, 6.07) is 9.13. The summed E-state index contributed by atoms with van der Waals surface area (Å²) in [5.74, 6) is 1.10. The third-order valence-electron chi connectivity index (χ3n) is 6.31. The fourth-order valence-electron chi connectivity index (χ4n) is 4.19. The number of anilines is 1. The number of H-pyrrole nitrogens is 1. The molecule has 1 aliphatic rings. The summed E-state index contributed by atoms with van der Waals surface area (Å²) in [7, 11) is 5.41. The molecule has 0 atom stereocenters. The van der Waals surface area contributed by atoms with Crippen LogP contribution in [0.3, 0.4) is 0 Å². The van der Waals surface area contributed by atoms with Crippen LogP contribution < -0.4 is 15.6 Å². The van der Waals surface area contributed by atoms with Gasteiger partial charge in [-0.2, -0.15) is 4.98 Å². The molecule has 4 aromatic rings. The van der Waals surface area contributed by atoms with E-state index in [1.54, 1.807) is 29.0 Å². The maximum atomic E-state index is 12.4. The summed E-state index contributed by atoms with van der Waals surface area (Å²) >= 11 is 0. The molecule has 4 heterocycles. The number of amides is 1. The smallest absolute Gasteiger partial charge is 0.250 e. The number of fused-ring (bicyclic) bond motifs is 1. The standard InChI is InChI=1S/C28H30N6O3/c1-33(2)10-4-5-25(35)31-24-12-20(13-26(32-24)37-3)21-11-22-23(15-30-28(22)29-14-21)19-8-9-27(36)34(17-19)16-18-6-7-18/h4-5,8-9,11-15,17-18H,6-7,10,16H2,1-3H3,(H,29,30)(H,31,32,35). The van der Waals surface area contributed by atoms with Gasteiger partial charge in [-0.3, -0.25) is 9.59 Å². The summed E-state index contributed by atoms with van der Waals surface area (Å²) in [5, 5.41) is 3.74. The van der Waals surface area contributed by atoms with E-state index >= 15 is 0 Å². The lowest BCUT2D eigenvalue weighted by Crippen LogP contribution is -2.19. The lowest BCUT2D eigenvalue weighted by molar-refractivity contribution is -0.111. The van der Waals surface area contributed by atoms with Crippen molar-refractivity contribution in [2.45, 2.75) is 19.4 Å². The van der Waals surface area contributed by atoms with E-state index in [1.165, 1.54) is 26.0 Å². The number of hydrogen-bond acceptors (Lipinski definition) is 6. The second-order valence-corrected chi connectivity index (χ2v) is 9.61. The number of carbonyl (C=O) groups excluding carboxylic acids is 1. The summed E-state index contributed by atoms with van der Waals surface area (Å²) < 4.78 is 7.20. The largest absolute Gasteiger partial charge is 0.481 e. The topological polar surface area (TPSA) is 105 Å². The van der Waals surface area contributed by atoms with Crippen LogP contribution in [0.15, 0.2) is 65.9 Å². The number of hydrogen-bond donors (Lipinski definition) is 2. The van der Waals surface area contributed by atoms with Gasteiger partial charge in [0.25, 0.3) is 5.56 Å². The number of methoxy groups -OCH3 is 1. The van der Waals surface area contributed by atoms with Crippen molar-refractivity contribution in [3.8, 4) is 28.1 Å². The van der Waals surface area contributed by atoms with Gasteiger partial charge in [-0.15, -0.1) is 0 Å². The van der Waals surface area contributed by atoms with Crippen LogP contribution in [-0.4, -0.2) is 58.1 Å². The molecule has 0 unspecified atom stereocenters. The normalized spacial score (nSPS) is 13.5. The fourth-order valence-corrected chi connectivity index (χ4v) is 4.19. The van der Waals surface area contributed by atoms with Crippen LogP contribution >= 0.6 is 0 Å². The molecule has 0 bridgehead atoms. The minimum absolute atomic E-state index is 0.0179. The Morgan fingerprint density at radius 2 is 2.05 bits per heavy atom. The molecule has 4 aromatic heterocycles. The zero-order valence-corrected chi connectivity index (χ0v) is 21.2. The van der Waals surface area contributed by atoms with E-state index in [1.807, 2.05) is 49.6 Å². The van der Waals surface area contributed by atoms with Gasteiger partial charge in [-0.25, -0.2) is 4.98 Å². The lowest BCUT2D eigenvalue weighted by atomic mass is 10.0. The van der Waals surface area contributed by atoms with Crippen molar-refractivity contribution >= 4 is 22.8 Å². The van der Waals surface area contributed by atoms with Crippen molar-refractivity contribution in [2.75, 3.05) is 33.1 Å². The molecule has 9 nitrogen and oxygen atoms in total. The Morgan fingerprint density at radius 3 is 2.81 bits per heavy atom. The Balaban J connectivity index is 1.47. The van der Waals surface area contributed by atoms with E-state index in [-0.39, 0.29) is 11.5 Å². The van der Waals surface area contributed by atoms with Crippen molar-refractivity contribution in [3.05, 3.63) is 71.4 Å². The van der Waals surface area contributed by atoms with Crippen LogP contribution in [0, 0.1) is 5.92 Å². The maximum Gasteiger partial charge on any atom is 0.250 e. The Bertz CT molecular complexity index is 1530. The van der Waals surface area contributed by atoms with Gasteiger partial charge in [0.2, 0.25) is 11.8 Å². The van der Waals surface area contributed by atoms with Crippen LogP contribution in [-0.2, 0) is 11.3 Å². The first-order chi connectivity index (χ1) is 17.9. The number of aromatic nitrogens is 4. The Morgan fingerprint density at radius 1 is 1.22 bits per heavy atom. The molecule has 2 N–H and O–H groups in total. The zero-order valence-electron chi connectivity index (χ0n) is 21.2. The monoisotopic (exact) mass is 498 g/mol. The Hall–Kier alpha value is -4.24. The van der Waals surface area contributed by atoms with Gasteiger partial charge in [0.05, 0.1) is 7.11 Å². The van der Waals surface area contributed by atoms with Crippen LogP contribution in [0.2, 0.25) is 0 Å². The molecule has 5 rings (SSSR count). The minimum atomic E-state index is -0.267. The van der Waals surface area contributed by atoms with Gasteiger partial charge in [-0.1, -0.05) is 6.08 Å². The second kappa shape index (κ2) is 10.4. The highest BCUT2D eigenvalue weighted by Crippen LogP contribution is 2.33. The van der Waals surface area contributed by atoms with Gasteiger partial charge >= 0.3 is 0 Å². The first kappa shape index (κ1) is 24.5. The van der Waals surface area contributed by atoms with Gasteiger partial charge in [0, 0.05) is 72.0 Å². The summed E-state index contributed by atoms with van der Waals surface area (Å²) in [6.45, 7) is 1.42. The number of likely N-dealkylation sites (N-methyl/N-ethyl adjacent to an activating group) is 1. The Labute approximate surface area is 214 Å². The molecular weight excluding hydrogens is 468 g/mol. The summed E-state index contributed by atoms with van der Waals surface area (Å²) in [5.41, 5.74) is 4.34. The third kappa shape index (κ3) is 5.78. The summed E-state index contributed by atoms with van der Waals surface area (Å²) in [6.07, 6.45) is 11.3. The predicted octanol–water partition coefficient (Wildman–Crippen LogP) is 3.93. The predicted molar refractivity (Wildman–Crippen MR) is 145 cm³/mol. The average Bonchev–Trinajstić information content (AvgIpc) is 3.60. The molecule has 37 heavy (non-hydrogen) atoms. The first-order valence-electron chi connectivity index (χ1n) is 12.3. The highest BCUT2D eigenvalue weighted by molar-refractivity contribution is 5.99. The number of carbonyl (C=O) groups is 1. The van der Waals surface area contributed by atoms with E-state index < -0.39 is 0 Å². The molecule has 0 radical (unpaired) electrons. The van der Waals surface area contributed by atoms with E-state index in [9.17, 15) is 9.59 Å². The van der Waals surface area contributed by atoms with E-state index in [2.05, 4.69) is 20.3 Å². The number of ether oxygens (including phenoxy) is 1. The Kier molecular flexibility index (Phi) is 6.87. The maximum absolute atomic E-state index is 12.4. The highest BCUT2D eigenvalue weighted by Gasteiger charge is 2.22. The van der Waals surface area contributed by atoms with E-state index in [0.717, 1.165) is 39.8 Å². The number of nitrogens with zero attached hydrogens (tertiary/aromatic N) is 4. The molecule has 9 heteroatoms. The van der Waals surface area contributed by atoms with Crippen LogP contribution in [0.1, 0.15) is 12.8 Å². The van der Waals surface area contributed by atoms with Crippen LogP contribution in [0.4, 0.5) is 5.82 Å². The number of rotatable bonds is 9. The molecule has 190 valence electrons. The van der Waals surface area contributed by atoms with Crippen LogP contribution in [0.5, 0.6) is 5.88 Å². The molecule has 0 aromatic carbocycles. The number of pyridine rings is 3. The average molecular weight is 499 g/mol. The lowest BCUT2D eigenvalue weighted by Gasteiger charge is -2.10. The van der Waals surface area contributed by atoms with Crippen molar-refractivity contribution in [1.29, 1.82) is 0 Å². The van der Waals surface area contributed by atoms with Gasteiger partial charge in [0.15, 0.2) is 0 Å². The second-order valence-electron chi connectivity index (χ2n) is 9.61. The molecule has 1 aliphatic carbocycles. The highest BCUT2D eigenvalue weighted by atomic mass is 16.5. The van der Waals surface area contributed by atoms with Crippen molar-refractivity contribution in [2.24, 2.45) is 5.92 Å².